The van der Waals surface area contributed by atoms with E-state index in [4.69, 9.17) is 4.74 Å². The first-order chi connectivity index (χ1) is 12.3. The molecule has 2 rings (SSSR count). The van der Waals surface area contributed by atoms with Crippen LogP contribution in [-0.4, -0.2) is 69.8 Å². The van der Waals surface area contributed by atoms with Gasteiger partial charge in [0, 0.05) is 52.7 Å². The third kappa shape index (κ3) is 8.00. The summed E-state index contributed by atoms with van der Waals surface area (Å²) in [5.74, 6) is 0.754. The Bertz CT molecular complexity index is 530. The van der Waals surface area contributed by atoms with Crippen molar-refractivity contribution in [1.29, 1.82) is 0 Å². The quantitative estimate of drug-likeness (QED) is 0.462. The third-order valence-electron chi connectivity index (χ3n) is 4.02. The number of carbonyl (C=O) groups is 1. The summed E-state index contributed by atoms with van der Waals surface area (Å²) < 4.78 is 5.34. The molecule has 0 atom stereocenters. The van der Waals surface area contributed by atoms with Crippen LogP contribution in [0.2, 0.25) is 0 Å². The van der Waals surface area contributed by atoms with E-state index in [0.717, 1.165) is 50.9 Å². The van der Waals surface area contributed by atoms with Crippen molar-refractivity contribution in [2.24, 2.45) is 4.99 Å². The van der Waals surface area contributed by atoms with Gasteiger partial charge in [0.05, 0.1) is 13.2 Å². The molecule has 138 valence electrons. The summed E-state index contributed by atoms with van der Waals surface area (Å²) in [7, 11) is 1.74. The molecule has 0 aromatic heterocycles. The lowest BCUT2D eigenvalue weighted by Crippen LogP contribution is -2.45. The van der Waals surface area contributed by atoms with Gasteiger partial charge in [0.2, 0.25) is 5.91 Å². The monoisotopic (exact) mass is 347 g/mol. The van der Waals surface area contributed by atoms with Crippen LogP contribution in [0.5, 0.6) is 0 Å². The van der Waals surface area contributed by atoms with Crippen LogP contribution in [0, 0.1) is 0 Å². The highest BCUT2D eigenvalue weighted by atomic mass is 16.5. The second-order valence-corrected chi connectivity index (χ2v) is 5.89. The third-order valence-corrected chi connectivity index (χ3v) is 4.02. The number of rotatable bonds is 8. The fourth-order valence-electron chi connectivity index (χ4n) is 2.56. The van der Waals surface area contributed by atoms with E-state index in [1.165, 1.54) is 0 Å². The number of hydrogen-bond acceptors (Lipinski definition) is 4. The van der Waals surface area contributed by atoms with E-state index in [0.29, 0.717) is 19.5 Å². The summed E-state index contributed by atoms with van der Waals surface area (Å²) >= 11 is 0. The van der Waals surface area contributed by atoms with E-state index >= 15 is 0 Å². The van der Waals surface area contributed by atoms with Gasteiger partial charge in [-0.2, -0.15) is 0 Å². The van der Waals surface area contributed by atoms with Crippen molar-refractivity contribution in [2.45, 2.75) is 13.0 Å². The average molecular weight is 347 g/mol. The Balaban J connectivity index is 1.54. The Labute approximate surface area is 149 Å². The van der Waals surface area contributed by atoms with Gasteiger partial charge in [-0.15, -0.1) is 0 Å². The number of nitrogens with zero attached hydrogens (tertiary/aromatic N) is 2. The largest absolute Gasteiger partial charge is 0.379 e. The molecule has 1 fully saturated rings. The Morgan fingerprint density at radius 1 is 1.12 bits per heavy atom. The minimum absolute atomic E-state index is 0.0279. The minimum atomic E-state index is 0.0279. The number of ether oxygens (including phenoxy) is 1. The van der Waals surface area contributed by atoms with Crippen LogP contribution in [0.25, 0.3) is 0 Å². The SMILES string of the molecule is CN=C(NCCC(=O)NCc1ccccc1)NCCN1CCOCC1. The van der Waals surface area contributed by atoms with Crippen molar-refractivity contribution in [2.75, 3.05) is 53.0 Å². The molecule has 0 radical (unpaired) electrons. The van der Waals surface area contributed by atoms with Crippen molar-refractivity contribution < 1.29 is 9.53 Å². The number of carbonyl (C=O) groups excluding carboxylic acids is 1. The van der Waals surface area contributed by atoms with Crippen molar-refractivity contribution in [3.8, 4) is 0 Å². The number of nitrogens with one attached hydrogen (secondary N) is 3. The first-order valence-corrected chi connectivity index (χ1v) is 8.83. The van der Waals surface area contributed by atoms with Gasteiger partial charge in [0.25, 0.3) is 0 Å². The second kappa shape index (κ2) is 11.4. The lowest BCUT2D eigenvalue weighted by atomic mass is 10.2. The molecule has 1 amide bonds. The van der Waals surface area contributed by atoms with E-state index < -0.39 is 0 Å². The smallest absolute Gasteiger partial charge is 0.222 e. The molecule has 3 N–H and O–H groups in total. The van der Waals surface area contributed by atoms with E-state index in [2.05, 4.69) is 25.8 Å². The zero-order valence-electron chi connectivity index (χ0n) is 15.0. The first-order valence-electron chi connectivity index (χ1n) is 8.83. The Morgan fingerprint density at radius 2 is 1.84 bits per heavy atom. The van der Waals surface area contributed by atoms with Gasteiger partial charge in [-0.25, -0.2) is 0 Å². The minimum Gasteiger partial charge on any atom is -0.379 e. The van der Waals surface area contributed by atoms with E-state index in [9.17, 15) is 4.79 Å². The van der Waals surface area contributed by atoms with Crippen LogP contribution < -0.4 is 16.0 Å². The van der Waals surface area contributed by atoms with Crippen LogP contribution >= 0.6 is 0 Å². The van der Waals surface area contributed by atoms with E-state index in [1.54, 1.807) is 7.05 Å². The van der Waals surface area contributed by atoms with Crippen LogP contribution in [0.1, 0.15) is 12.0 Å². The lowest BCUT2D eigenvalue weighted by molar-refractivity contribution is -0.121. The highest BCUT2D eigenvalue weighted by molar-refractivity contribution is 5.81. The molecule has 25 heavy (non-hydrogen) atoms. The van der Waals surface area contributed by atoms with Gasteiger partial charge in [-0.1, -0.05) is 30.3 Å². The van der Waals surface area contributed by atoms with Crippen molar-refractivity contribution in [3.63, 3.8) is 0 Å². The molecule has 0 bridgehead atoms. The first kappa shape index (κ1) is 19.2. The van der Waals surface area contributed by atoms with Gasteiger partial charge in [0.1, 0.15) is 0 Å². The summed E-state index contributed by atoms with van der Waals surface area (Å²) in [6.07, 6.45) is 0.414. The topological polar surface area (TPSA) is 78.0 Å². The zero-order chi connectivity index (χ0) is 17.7. The van der Waals surface area contributed by atoms with Gasteiger partial charge in [-0.05, 0) is 5.56 Å². The molecule has 1 saturated heterocycles. The molecule has 1 aromatic rings. The van der Waals surface area contributed by atoms with Crippen LogP contribution in [0.15, 0.2) is 35.3 Å². The highest BCUT2D eigenvalue weighted by Gasteiger charge is 2.09. The summed E-state index contributed by atoms with van der Waals surface area (Å²) in [5.41, 5.74) is 1.10. The van der Waals surface area contributed by atoms with E-state index in [1.807, 2.05) is 30.3 Å². The summed E-state index contributed by atoms with van der Waals surface area (Å²) in [6, 6.07) is 9.90. The second-order valence-electron chi connectivity index (χ2n) is 5.89. The standard InChI is InChI=1S/C18H29N5O2/c1-19-18(21-9-10-23-11-13-25-14-12-23)20-8-7-17(24)22-15-16-5-3-2-4-6-16/h2-6H,7-15H2,1H3,(H,22,24)(H2,19,20,21). The number of amides is 1. The van der Waals surface area contributed by atoms with Crippen molar-refractivity contribution in [1.82, 2.24) is 20.9 Å². The average Bonchev–Trinajstić information content (AvgIpc) is 2.67. The Kier molecular flexibility index (Phi) is 8.79. The predicted molar refractivity (Wildman–Crippen MR) is 99.5 cm³/mol. The van der Waals surface area contributed by atoms with Crippen LogP contribution in [0.3, 0.4) is 0 Å². The molecule has 0 unspecified atom stereocenters. The number of morpholine rings is 1. The molecular weight excluding hydrogens is 318 g/mol. The molecule has 1 aromatic carbocycles. The molecule has 1 heterocycles. The zero-order valence-corrected chi connectivity index (χ0v) is 15.0. The van der Waals surface area contributed by atoms with Crippen molar-refractivity contribution >= 4 is 11.9 Å². The number of hydrogen-bond donors (Lipinski definition) is 3. The molecule has 1 aliphatic heterocycles. The van der Waals surface area contributed by atoms with Gasteiger partial charge >= 0.3 is 0 Å². The molecule has 0 aliphatic carbocycles. The predicted octanol–water partition coefficient (Wildman–Crippen LogP) is 0.190. The maximum absolute atomic E-state index is 11.9. The van der Waals surface area contributed by atoms with Gasteiger partial charge in [0.15, 0.2) is 5.96 Å². The lowest BCUT2D eigenvalue weighted by Gasteiger charge is -2.26. The molecule has 0 saturated carbocycles. The fraction of sp³-hybridized carbons (Fsp3) is 0.556. The Hall–Kier alpha value is -2.12. The maximum Gasteiger partial charge on any atom is 0.222 e. The van der Waals surface area contributed by atoms with Crippen LogP contribution in [-0.2, 0) is 16.1 Å². The number of aliphatic imine (C=N–C) groups is 1. The van der Waals surface area contributed by atoms with Gasteiger partial charge in [-0.3, -0.25) is 14.7 Å². The Morgan fingerprint density at radius 3 is 2.56 bits per heavy atom. The molecule has 7 nitrogen and oxygen atoms in total. The maximum atomic E-state index is 11.9. The molecule has 1 aliphatic rings. The summed E-state index contributed by atoms with van der Waals surface area (Å²) in [5, 5.41) is 9.36. The van der Waals surface area contributed by atoms with E-state index in [-0.39, 0.29) is 5.91 Å². The molecular formula is C18H29N5O2. The number of guanidine groups is 1. The molecule has 0 spiro atoms. The van der Waals surface area contributed by atoms with Crippen molar-refractivity contribution in [3.05, 3.63) is 35.9 Å². The normalized spacial score (nSPS) is 15.6. The van der Waals surface area contributed by atoms with Gasteiger partial charge < -0.3 is 20.7 Å². The molecule has 7 heteroatoms. The number of benzene rings is 1. The summed E-state index contributed by atoms with van der Waals surface area (Å²) in [6.45, 7) is 6.48. The highest BCUT2D eigenvalue weighted by Crippen LogP contribution is 1.97. The van der Waals surface area contributed by atoms with Crippen LogP contribution in [0.4, 0.5) is 0 Å². The fourth-order valence-corrected chi connectivity index (χ4v) is 2.56. The summed E-state index contributed by atoms with van der Waals surface area (Å²) in [4.78, 5) is 18.4.